The predicted octanol–water partition coefficient (Wildman–Crippen LogP) is 4.11. The van der Waals surface area contributed by atoms with Gasteiger partial charge in [-0.05, 0) is 58.4 Å². The number of phenolic OH excluding ortho intramolecular Hbond substituents is 1. The van der Waals surface area contributed by atoms with Crippen molar-refractivity contribution < 1.29 is 19.4 Å². The van der Waals surface area contributed by atoms with Gasteiger partial charge in [0, 0.05) is 5.57 Å². The number of ether oxygens (including phenoxy) is 1. The summed E-state index contributed by atoms with van der Waals surface area (Å²) in [5.74, 6) is -0.767. The van der Waals surface area contributed by atoms with Crippen LogP contribution in [-0.2, 0) is 9.53 Å². The molecule has 1 atom stereocenters. The number of esters is 1. The molecule has 0 bridgehead atoms. The standard InChI is InChI=1S/C18H22O4/c1-6-12(4)18(21)22-13(5)14-7-8-16(19)15(10-14)17(20)9-11(2)3/h6-10,13,19H,1-5H3/b12-6-/t13-/m0/s1. The second kappa shape index (κ2) is 7.59. The number of hydrogen-bond acceptors (Lipinski definition) is 4. The third-order valence-electron chi connectivity index (χ3n) is 3.21. The van der Waals surface area contributed by atoms with E-state index in [1.165, 1.54) is 12.1 Å². The van der Waals surface area contributed by atoms with Crippen LogP contribution in [0.15, 0.2) is 41.5 Å². The Morgan fingerprint density at radius 1 is 1.23 bits per heavy atom. The topological polar surface area (TPSA) is 63.6 Å². The van der Waals surface area contributed by atoms with Gasteiger partial charge in [0.05, 0.1) is 5.56 Å². The third-order valence-corrected chi connectivity index (χ3v) is 3.21. The van der Waals surface area contributed by atoms with Crippen LogP contribution in [0.4, 0.5) is 0 Å². The summed E-state index contributed by atoms with van der Waals surface area (Å²) in [6.45, 7) is 8.78. The molecule has 0 aliphatic rings. The van der Waals surface area contributed by atoms with Gasteiger partial charge in [0.2, 0.25) is 0 Å². The summed E-state index contributed by atoms with van der Waals surface area (Å²) in [5.41, 5.74) is 2.22. The monoisotopic (exact) mass is 302 g/mol. The molecule has 22 heavy (non-hydrogen) atoms. The number of rotatable bonds is 5. The minimum atomic E-state index is -0.513. The summed E-state index contributed by atoms with van der Waals surface area (Å²) in [6.07, 6.45) is 2.62. The van der Waals surface area contributed by atoms with Crippen molar-refractivity contribution in [3.05, 3.63) is 52.6 Å². The summed E-state index contributed by atoms with van der Waals surface area (Å²) in [6, 6.07) is 4.63. The smallest absolute Gasteiger partial charge is 0.333 e. The van der Waals surface area contributed by atoms with Crippen molar-refractivity contribution in [1.82, 2.24) is 0 Å². The van der Waals surface area contributed by atoms with Crippen molar-refractivity contribution >= 4 is 11.8 Å². The molecule has 0 saturated heterocycles. The Balaban J connectivity index is 3.05. The molecule has 0 aromatic heterocycles. The van der Waals surface area contributed by atoms with Crippen LogP contribution in [0.2, 0.25) is 0 Å². The van der Waals surface area contributed by atoms with Crippen molar-refractivity contribution in [2.45, 2.75) is 40.7 Å². The van der Waals surface area contributed by atoms with Gasteiger partial charge in [-0.25, -0.2) is 4.79 Å². The fraction of sp³-hybridized carbons (Fsp3) is 0.333. The van der Waals surface area contributed by atoms with Gasteiger partial charge in [-0.1, -0.05) is 17.7 Å². The molecular weight excluding hydrogens is 280 g/mol. The normalized spacial score (nSPS) is 12.5. The first-order valence-corrected chi connectivity index (χ1v) is 7.12. The maximum Gasteiger partial charge on any atom is 0.333 e. The van der Waals surface area contributed by atoms with E-state index in [9.17, 15) is 14.7 Å². The van der Waals surface area contributed by atoms with Crippen molar-refractivity contribution in [2.75, 3.05) is 0 Å². The van der Waals surface area contributed by atoms with E-state index in [0.29, 0.717) is 11.1 Å². The Bertz CT molecular complexity index is 634. The molecule has 1 aromatic carbocycles. The van der Waals surface area contributed by atoms with Crippen LogP contribution < -0.4 is 0 Å². The lowest BCUT2D eigenvalue weighted by atomic mass is 10.0. The Hall–Kier alpha value is -2.36. The maximum atomic E-state index is 12.1. The van der Waals surface area contributed by atoms with Crippen molar-refractivity contribution in [2.24, 2.45) is 0 Å². The predicted molar refractivity (Wildman–Crippen MR) is 85.8 cm³/mol. The molecule has 0 saturated carbocycles. The molecule has 0 aliphatic carbocycles. The minimum Gasteiger partial charge on any atom is -0.507 e. The van der Waals surface area contributed by atoms with Crippen molar-refractivity contribution in [1.29, 1.82) is 0 Å². The zero-order valence-electron chi connectivity index (χ0n) is 13.6. The molecule has 4 heteroatoms. The van der Waals surface area contributed by atoms with E-state index in [4.69, 9.17) is 4.74 Å². The fourth-order valence-electron chi connectivity index (χ4n) is 1.78. The molecule has 0 heterocycles. The lowest BCUT2D eigenvalue weighted by molar-refractivity contribution is -0.143. The highest BCUT2D eigenvalue weighted by atomic mass is 16.5. The quantitative estimate of drug-likeness (QED) is 0.505. The first-order chi connectivity index (χ1) is 10.3. The zero-order chi connectivity index (χ0) is 16.9. The first kappa shape index (κ1) is 17.7. The summed E-state index contributed by atoms with van der Waals surface area (Å²) in [5, 5.41) is 9.84. The maximum absolute atomic E-state index is 12.1. The van der Waals surface area contributed by atoms with Crippen LogP contribution in [-0.4, -0.2) is 16.9 Å². The molecule has 0 fully saturated rings. The number of aromatic hydroxyl groups is 1. The fourth-order valence-corrected chi connectivity index (χ4v) is 1.78. The Morgan fingerprint density at radius 3 is 2.41 bits per heavy atom. The van der Waals surface area contributed by atoms with Gasteiger partial charge >= 0.3 is 5.97 Å². The minimum absolute atomic E-state index is 0.0885. The Labute approximate surface area is 131 Å². The highest BCUT2D eigenvalue weighted by molar-refractivity contribution is 6.06. The molecule has 0 unspecified atom stereocenters. The zero-order valence-corrected chi connectivity index (χ0v) is 13.6. The Morgan fingerprint density at radius 2 is 1.86 bits per heavy atom. The summed E-state index contributed by atoms with van der Waals surface area (Å²) in [4.78, 5) is 23.8. The molecule has 4 nitrogen and oxygen atoms in total. The third kappa shape index (κ3) is 4.58. The molecule has 118 valence electrons. The van der Waals surface area contributed by atoms with E-state index in [-0.39, 0.29) is 17.1 Å². The van der Waals surface area contributed by atoms with Crippen LogP contribution in [0.25, 0.3) is 0 Å². The van der Waals surface area contributed by atoms with E-state index >= 15 is 0 Å². The van der Waals surface area contributed by atoms with Gasteiger partial charge in [-0.3, -0.25) is 4.79 Å². The first-order valence-electron chi connectivity index (χ1n) is 7.12. The Kier molecular flexibility index (Phi) is 6.11. The summed E-state index contributed by atoms with van der Waals surface area (Å²) in [7, 11) is 0. The molecule has 0 radical (unpaired) electrons. The number of carbonyl (C=O) groups excluding carboxylic acids is 2. The van der Waals surface area contributed by atoms with Crippen molar-refractivity contribution in [3.8, 4) is 5.75 Å². The van der Waals surface area contributed by atoms with Crippen LogP contribution >= 0.6 is 0 Å². The van der Waals surface area contributed by atoms with Crippen LogP contribution in [0, 0.1) is 0 Å². The van der Waals surface area contributed by atoms with Gasteiger partial charge in [0.25, 0.3) is 0 Å². The lowest BCUT2D eigenvalue weighted by Crippen LogP contribution is -2.10. The molecule has 1 aromatic rings. The second-order valence-electron chi connectivity index (χ2n) is 5.38. The highest BCUT2D eigenvalue weighted by Crippen LogP contribution is 2.25. The molecule has 0 spiro atoms. The summed E-state index contributed by atoms with van der Waals surface area (Å²) >= 11 is 0. The molecular formula is C18H22O4. The largest absolute Gasteiger partial charge is 0.507 e. The lowest BCUT2D eigenvalue weighted by Gasteiger charge is -2.15. The van der Waals surface area contributed by atoms with Crippen LogP contribution in [0.5, 0.6) is 5.75 Å². The number of carbonyl (C=O) groups is 2. The molecule has 1 N–H and O–H groups in total. The van der Waals surface area contributed by atoms with E-state index in [0.717, 1.165) is 5.57 Å². The second-order valence-corrected chi connectivity index (χ2v) is 5.38. The number of ketones is 1. The highest BCUT2D eigenvalue weighted by Gasteiger charge is 2.16. The average molecular weight is 302 g/mol. The number of benzene rings is 1. The number of phenols is 1. The number of allylic oxidation sites excluding steroid dienone is 3. The van der Waals surface area contributed by atoms with Gasteiger partial charge in [-0.2, -0.15) is 0 Å². The van der Waals surface area contributed by atoms with Crippen molar-refractivity contribution in [3.63, 3.8) is 0 Å². The molecule has 0 amide bonds. The molecule has 0 aliphatic heterocycles. The number of hydrogen-bond donors (Lipinski definition) is 1. The van der Waals surface area contributed by atoms with Gasteiger partial charge in [-0.15, -0.1) is 0 Å². The van der Waals surface area contributed by atoms with Gasteiger partial charge in [0.15, 0.2) is 5.78 Å². The van der Waals surface area contributed by atoms with E-state index < -0.39 is 12.1 Å². The van der Waals surface area contributed by atoms with E-state index in [1.54, 1.807) is 39.0 Å². The van der Waals surface area contributed by atoms with Gasteiger partial charge in [0.1, 0.15) is 11.9 Å². The average Bonchev–Trinajstić information content (AvgIpc) is 2.45. The van der Waals surface area contributed by atoms with E-state index in [2.05, 4.69) is 0 Å². The van der Waals surface area contributed by atoms with Crippen LogP contribution in [0.1, 0.15) is 56.6 Å². The van der Waals surface area contributed by atoms with Crippen LogP contribution in [0.3, 0.4) is 0 Å². The summed E-state index contributed by atoms with van der Waals surface area (Å²) < 4.78 is 5.33. The molecule has 1 rings (SSSR count). The SMILES string of the molecule is C/C=C(/C)C(=O)O[C@@H](C)c1ccc(O)c(C(=O)C=C(C)C)c1. The van der Waals surface area contributed by atoms with Gasteiger partial charge < -0.3 is 9.84 Å². The van der Waals surface area contributed by atoms with E-state index in [1.807, 2.05) is 13.8 Å².